The van der Waals surface area contributed by atoms with Gasteiger partial charge in [-0.2, -0.15) is 0 Å². The molecule has 1 unspecified atom stereocenters. The molecule has 8 heteroatoms. The molecular weight excluding hydrogens is 428 g/mol. The first-order chi connectivity index (χ1) is 15.5. The Bertz CT molecular complexity index is 977. The van der Waals surface area contributed by atoms with Crippen molar-refractivity contribution in [3.05, 3.63) is 53.1 Å². The van der Waals surface area contributed by atoms with Gasteiger partial charge < -0.3 is 25.2 Å². The van der Waals surface area contributed by atoms with E-state index < -0.39 is 0 Å². The van der Waals surface area contributed by atoms with Gasteiger partial charge in [-0.25, -0.2) is 4.79 Å². The van der Waals surface area contributed by atoms with Crippen LogP contribution in [0.25, 0.3) is 0 Å². The average molecular weight is 457 g/mol. The first-order valence-corrected chi connectivity index (χ1v) is 11.4. The summed E-state index contributed by atoms with van der Waals surface area (Å²) in [5.74, 6) is -0.363. The highest BCUT2D eigenvalue weighted by Gasteiger charge is 2.29. The van der Waals surface area contributed by atoms with E-state index in [1.807, 2.05) is 49.4 Å². The van der Waals surface area contributed by atoms with Gasteiger partial charge in [0.1, 0.15) is 0 Å². The first kappa shape index (κ1) is 22.4. The summed E-state index contributed by atoms with van der Waals surface area (Å²) in [6.07, 6.45) is 1.53. The minimum atomic E-state index is -0.275. The third kappa shape index (κ3) is 5.34. The zero-order chi connectivity index (χ0) is 22.5. The number of para-hydroxylation sites is 1. The van der Waals surface area contributed by atoms with Crippen molar-refractivity contribution in [2.24, 2.45) is 5.92 Å². The number of halogens is 1. The maximum Gasteiger partial charge on any atom is 0.321 e. The van der Waals surface area contributed by atoms with Gasteiger partial charge in [-0.15, -0.1) is 0 Å². The van der Waals surface area contributed by atoms with Gasteiger partial charge in [0.25, 0.3) is 0 Å². The number of aryl methyl sites for hydroxylation is 1. The highest BCUT2D eigenvalue weighted by atomic mass is 35.5. The molecule has 0 radical (unpaired) electrons. The lowest BCUT2D eigenvalue weighted by Crippen LogP contribution is -2.45. The summed E-state index contributed by atoms with van der Waals surface area (Å²) in [6, 6.07) is 13.1. The third-order valence-corrected chi connectivity index (χ3v) is 6.23. The van der Waals surface area contributed by atoms with Crippen LogP contribution in [0.2, 0.25) is 5.02 Å². The third-order valence-electron chi connectivity index (χ3n) is 5.92. The van der Waals surface area contributed by atoms with Crippen LogP contribution in [0.15, 0.2) is 42.5 Å². The van der Waals surface area contributed by atoms with E-state index in [4.69, 9.17) is 16.3 Å². The summed E-state index contributed by atoms with van der Waals surface area (Å²) in [7, 11) is 0. The number of rotatable bonds is 4. The van der Waals surface area contributed by atoms with Crippen LogP contribution in [0, 0.1) is 12.8 Å². The molecule has 2 aliphatic rings. The largest absolute Gasteiger partial charge is 0.378 e. The first-order valence-electron chi connectivity index (χ1n) is 11.1. The molecule has 3 amide bonds. The van der Waals surface area contributed by atoms with Gasteiger partial charge in [0, 0.05) is 31.9 Å². The van der Waals surface area contributed by atoms with Gasteiger partial charge in [0.2, 0.25) is 5.91 Å². The van der Waals surface area contributed by atoms with Crippen LogP contribution in [0.4, 0.5) is 21.9 Å². The molecule has 0 aromatic heterocycles. The molecule has 2 aliphatic heterocycles. The Morgan fingerprint density at radius 3 is 2.62 bits per heavy atom. The van der Waals surface area contributed by atoms with Crippen LogP contribution in [-0.4, -0.2) is 56.2 Å². The van der Waals surface area contributed by atoms with E-state index in [2.05, 4.69) is 15.5 Å². The number of nitrogens with one attached hydrogen (secondary N) is 2. The second kappa shape index (κ2) is 10.2. The summed E-state index contributed by atoms with van der Waals surface area (Å²) >= 11 is 6.49. The maximum atomic E-state index is 13.1. The van der Waals surface area contributed by atoms with Gasteiger partial charge in [0.15, 0.2) is 0 Å². The number of anilines is 3. The molecular formula is C24H29ClN4O3. The summed E-state index contributed by atoms with van der Waals surface area (Å²) in [6.45, 7) is 5.72. The number of amides is 3. The van der Waals surface area contributed by atoms with Crippen LogP contribution < -0.4 is 15.5 Å². The predicted octanol–water partition coefficient (Wildman–Crippen LogP) is 4.37. The van der Waals surface area contributed by atoms with Crippen molar-refractivity contribution >= 4 is 40.6 Å². The van der Waals surface area contributed by atoms with Gasteiger partial charge in [-0.3, -0.25) is 4.79 Å². The Labute approximate surface area is 193 Å². The number of urea groups is 1. The van der Waals surface area contributed by atoms with E-state index in [-0.39, 0.29) is 17.9 Å². The van der Waals surface area contributed by atoms with Crippen molar-refractivity contribution < 1.29 is 14.3 Å². The lowest BCUT2D eigenvalue weighted by molar-refractivity contribution is -0.121. The Morgan fingerprint density at radius 2 is 1.84 bits per heavy atom. The molecule has 2 saturated heterocycles. The van der Waals surface area contributed by atoms with Gasteiger partial charge in [0.05, 0.1) is 35.5 Å². The molecule has 0 saturated carbocycles. The summed E-state index contributed by atoms with van der Waals surface area (Å²) in [4.78, 5) is 29.7. The number of carbonyl (C=O) groups excluding carboxylic acids is 2. The van der Waals surface area contributed by atoms with E-state index in [0.29, 0.717) is 37.0 Å². The number of hydrogen-bond acceptors (Lipinski definition) is 4. The Balaban J connectivity index is 1.42. The summed E-state index contributed by atoms with van der Waals surface area (Å²) in [5, 5.41) is 6.62. The van der Waals surface area contributed by atoms with Crippen LogP contribution in [0.1, 0.15) is 18.4 Å². The van der Waals surface area contributed by atoms with Crippen molar-refractivity contribution in [1.29, 1.82) is 0 Å². The zero-order valence-corrected chi connectivity index (χ0v) is 19.0. The Morgan fingerprint density at radius 1 is 1.06 bits per heavy atom. The molecule has 0 aliphatic carbocycles. The standard InChI is InChI=1S/C24H29ClN4O3/c1-17-5-2-7-19(15-17)26-24(31)29-10-4-6-18(16-29)23(30)27-21-9-3-8-20(25)22(21)28-11-13-32-14-12-28/h2-3,5,7-9,15,18H,4,6,10-14,16H2,1H3,(H,26,31)(H,27,30). The molecule has 0 bridgehead atoms. The molecule has 2 aromatic carbocycles. The topological polar surface area (TPSA) is 73.9 Å². The highest BCUT2D eigenvalue weighted by Crippen LogP contribution is 2.35. The average Bonchev–Trinajstić information content (AvgIpc) is 2.80. The van der Waals surface area contributed by atoms with Crippen molar-refractivity contribution in [3.8, 4) is 0 Å². The molecule has 0 spiro atoms. The van der Waals surface area contributed by atoms with Gasteiger partial charge in [-0.05, 0) is 49.6 Å². The Hall–Kier alpha value is -2.77. The number of piperidine rings is 1. The fourth-order valence-electron chi connectivity index (χ4n) is 4.26. The molecule has 7 nitrogen and oxygen atoms in total. The number of nitrogens with zero attached hydrogens (tertiary/aromatic N) is 2. The number of benzene rings is 2. The quantitative estimate of drug-likeness (QED) is 0.716. The molecule has 170 valence electrons. The maximum absolute atomic E-state index is 13.1. The number of hydrogen-bond donors (Lipinski definition) is 2. The fraction of sp³-hybridized carbons (Fsp3) is 0.417. The number of ether oxygens (including phenoxy) is 1. The minimum Gasteiger partial charge on any atom is -0.378 e. The number of morpholine rings is 1. The summed E-state index contributed by atoms with van der Waals surface area (Å²) < 4.78 is 5.45. The molecule has 2 heterocycles. The lowest BCUT2D eigenvalue weighted by atomic mass is 9.97. The lowest BCUT2D eigenvalue weighted by Gasteiger charge is -2.33. The van der Waals surface area contributed by atoms with E-state index in [9.17, 15) is 9.59 Å². The Kier molecular flexibility index (Phi) is 7.17. The molecule has 1 atom stereocenters. The second-order valence-electron chi connectivity index (χ2n) is 8.31. The van der Waals surface area contributed by atoms with Crippen molar-refractivity contribution in [2.75, 3.05) is 54.9 Å². The van der Waals surface area contributed by atoms with Gasteiger partial charge >= 0.3 is 6.03 Å². The minimum absolute atomic E-state index is 0.0881. The number of carbonyl (C=O) groups is 2. The normalized spacial score (nSPS) is 18.9. The SMILES string of the molecule is Cc1cccc(NC(=O)N2CCCC(C(=O)Nc3cccc(Cl)c3N3CCOCC3)C2)c1. The van der Waals surface area contributed by atoms with Crippen molar-refractivity contribution in [1.82, 2.24) is 4.90 Å². The van der Waals surface area contributed by atoms with E-state index in [0.717, 1.165) is 42.9 Å². The smallest absolute Gasteiger partial charge is 0.321 e. The molecule has 4 rings (SSSR count). The summed E-state index contributed by atoms with van der Waals surface area (Å²) in [5.41, 5.74) is 3.37. The zero-order valence-electron chi connectivity index (χ0n) is 18.3. The van der Waals surface area contributed by atoms with Gasteiger partial charge in [-0.1, -0.05) is 29.8 Å². The number of likely N-dealkylation sites (tertiary alicyclic amines) is 1. The van der Waals surface area contributed by atoms with Crippen molar-refractivity contribution in [3.63, 3.8) is 0 Å². The highest BCUT2D eigenvalue weighted by molar-refractivity contribution is 6.34. The van der Waals surface area contributed by atoms with E-state index in [1.165, 1.54) is 0 Å². The molecule has 32 heavy (non-hydrogen) atoms. The fourth-order valence-corrected chi connectivity index (χ4v) is 4.55. The molecule has 2 fully saturated rings. The molecule has 2 N–H and O–H groups in total. The van der Waals surface area contributed by atoms with E-state index >= 15 is 0 Å². The second-order valence-corrected chi connectivity index (χ2v) is 8.72. The van der Waals surface area contributed by atoms with Crippen molar-refractivity contribution in [2.45, 2.75) is 19.8 Å². The molecule has 2 aromatic rings. The monoisotopic (exact) mass is 456 g/mol. The van der Waals surface area contributed by atoms with Crippen LogP contribution in [0.3, 0.4) is 0 Å². The van der Waals surface area contributed by atoms with Crippen LogP contribution in [0.5, 0.6) is 0 Å². The van der Waals surface area contributed by atoms with E-state index in [1.54, 1.807) is 4.90 Å². The van der Waals surface area contributed by atoms with Crippen LogP contribution in [-0.2, 0) is 9.53 Å². The van der Waals surface area contributed by atoms with Crippen LogP contribution >= 0.6 is 11.6 Å². The predicted molar refractivity (Wildman–Crippen MR) is 128 cm³/mol.